The van der Waals surface area contributed by atoms with E-state index in [9.17, 15) is 9.59 Å². The highest BCUT2D eigenvalue weighted by molar-refractivity contribution is 5.91. The predicted octanol–water partition coefficient (Wildman–Crippen LogP) is 3.62. The molecule has 0 aliphatic heterocycles. The molecule has 5 heteroatoms. The molecule has 0 aliphatic carbocycles. The maximum Gasteiger partial charge on any atom is 0.338 e. The molecule has 0 heterocycles. The van der Waals surface area contributed by atoms with Gasteiger partial charge in [-0.2, -0.15) is 0 Å². The maximum absolute atomic E-state index is 11.9. The van der Waals surface area contributed by atoms with Crippen LogP contribution in [0.25, 0.3) is 0 Å². The normalized spacial score (nSPS) is 10.1. The van der Waals surface area contributed by atoms with E-state index in [4.69, 9.17) is 14.2 Å². The van der Waals surface area contributed by atoms with Crippen molar-refractivity contribution >= 4 is 11.9 Å². The molecule has 0 atom stereocenters. The van der Waals surface area contributed by atoms with Gasteiger partial charge in [0, 0.05) is 5.56 Å². The average molecular weight is 328 g/mol. The number of carbonyl (C=O) groups is 2. The van der Waals surface area contributed by atoms with Crippen molar-refractivity contribution in [2.75, 3.05) is 13.2 Å². The first-order valence-corrected chi connectivity index (χ1v) is 7.80. The molecule has 126 valence electrons. The van der Waals surface area contributed by atoms with E-state index in [1.165, 1.54) is 0 Å². The van der Waals surface area contributed by atoms with Crippen LogP contribution in [0, 0.1) is 0 Å². The Balaban J connectivity index is 2.03. The molecule has 0 aliphatic rings. The molecule has 2 aromatic carbocycles. The molecular formula is C19H20O5. The van der Waals surface area contributed by atoms with E-state index < -0.39 is 0 Å². The Kier molecular flexibility index (Phi) is 6.37. The molecule has 5 nitrogen and oxygen atoms in total. The number of esters is 2. The topological polar surface area (TPSA) is 61.8 Å². The summed E-state index contributed by atoms with van der Waals surface area (Å²) in [4.78, 5) is 23.5. The first kappa shape index (κ1) is 17.5. The summed E-state index contributed by atoms with van der Waals surface area (Å²) in [5.41, 5.74) is 1.70. The van der Waals surface area contributed by atoms with Crippen LogP contribution in [-0.2, 0) is 16.1 Å². The Morgan fingerprint density at radius 2 is 1.46 bits per heavy atom. The lowest BCUT2D eigenvalue weighted by Gasteiger charge is -2.11. The quantitative estimate of drug-likeness (QED) is 0.727. The zero-order valence-corrected chi connectivity index (χ0v) is 13.8. The molecule has 0 fully saturated rings. The van der Waals surface area contributed by atoms with Crippen molar-refractivity contribution in [1.82, 2.24) is 0 Å². The average Bonchev–Trinajstić information content (AvgIpc) is 2.61. The van der Waals surface area contributed by atoms with Gasteiger partial charge in [-0.3, -0.25) is 0 Å². The van der Waals surface area contributed by atoms with Gasteiger partial charge in [-0.25, -0.2) is 9.59 Å². The largest absolute Gasteiger partial charge is 0.489 e. The highest BCUT2D eigenvalue weighted by Crippen LogP contribution is 2.17. The molecular weight excluding hydrogens is 308 g/mol. The van der Waals surface area contributed by atoms with Crippen LogP contribution in [0.5, 0.6) is 5.75 Å². The Morgan fingerprint density at radius 1 is 0.833 bits per heavy atom. The minimum Gasteiger partial charge on any atom is -0.489 e. The molecule has 24 heavy (non-hydrogen) atoms. The summed E-state index contributed by atoms with van der Waals surface area (Å²) in [6.07, 6.45) is 0. The fourth-order valence-electron chi connectivity index (χ4n) is 2.12. The third kappa shape index (κ3) is 4.59. The Labute approximate surface area is 141 Å². The summed E-state index contributed by atoms with van der Waals surface area (Å²) in [5.74, 6) is -0.132. The van der Waals surface area contributed by atoms with Gasteiger partial charge >= 0.3 is 11.9 Å². The van der Waals surface area contributed by atoms with Crippen LogP contribution in [0.4, 0.5) is 0 Å². The van der Waals surface area contributed by atoms with Gasteiger partial charge in [0.1, 0.15) is 12.4 Å². The summed E-state index contributed by atoms with van der Waals surface area (Å²) in [6, 6.07) is 13.8. The van der Waals surface area contributed by atoms with Crippen LogP contribution < -0.4 is 4.74 Å². The molecule has 0 radical (unpaired) electrons. The second kappa shape index (κ2) is 8.72. The number of ether oxygens (including phenoxy) is 3. The van der Waals surface area contributed by atoms with E-state index in [0.717, 1.165) is 5.56 Å². The third-order valence-corrected chi connectivity index (χ3v) is 3.27. The van der Waals surface area contributed by atoms with Crippen molar-refractivity contribution in [3.05, 3.63) is 65.2 Å². The van der Waals surface area contributed by atoms with Crippen LogP contribution in [0.15, 0.2) is 48.5 Å². The molecule has 0 bridgehead atoms. The van der Waals surface area contributed by atoms with Crippen molar-refractivity contribution in [1.29, 1.82) is 0 Å². The van der Waals surface area contributed by atoms with Gasteiger partial charge in [0.2, 0.25) is 0 Å². The number of benzene rings is 2. The van der Waals surface area contributed by atoms with Gasteiger partial charge in [0.25, 0.3) is 0 Å². The molecule has 0 N–H and O–H groups in total. The Morgan fingerprint density at radius 3 is 2.12 bits per heavy atom. The molecule has 0 saturated heterocycles. The van der Waals surface area contributed by atoms with Crippen LogP contribution in [0.2, 0.25) is 0 Å². The van der Waals surface area contributed by atoms with E-state index in [-0.39, 0.29) is 18.5 Å². The first-order valence-electron chi connectivity index (χ1n) is 7.80. The second-order valence-electron chi connectivity index (χ2n) is 4.91. The number of carbonyl (C=O) groups excluding carboxylic acids is 2. The van der Waals surface area contributed by atoms with Crippen LogP contribution in [-0.4, -0.2) is 25.2 Å². The zero-order valence-electron chi connectivity index (χ0n) is 13.8. The van der Waals surface area contributed by atoms with Crippen molar-refractivity contribution in [3.8, 4) is 5.75 Å². The summed E-state index contributed by atoms with van der Waals surface area (Å²) in [6.45, 7) is 4.41. The smallest absolute Gasteiger partial charge is 0.338 e. The van der Waals surface area contributed by atoms with Crippen molar-refractivity contribution < 1.29 is 23.8 Å². The third-order valence-electron chi connectivity index (χ3n) is 3.27. The van der Waals surface area contributed by atoms with Crippen molar-refractivity contribution in [2.24, 2.45) is 0 Å². The van der Waals surface area contributed by atoms with Gasteiger partial charge in [0.15, 0.2) is 0 Å². The van der Waals surface area contributed by atoms with Crippen LogP contribution in [0.1, 0.15) is 40.1 Å². The lowest BCUT2D eigenvalue weighted by atomic mass is 10.1. The van der Waals surface area contributed by atoms with Gasteiger partial charge < -0.3 is 14.2 Å². The van der Waals surface area contributed by atoms with Crippen LogP contribution in [0.3, 0.4) is 0 Å². The maximum atomic E-state index is 11.9. The van der Waals surface area contributed by atoms with E-state index >= 15 is 0 Å². The van der Waals surface area contributed by atoms with E-state index in [1.54, 1.807) is 50.2 Å². The fraction of sp³-hybridized carbons (Fsp3) is 0.263. The molecule has 2 aromatic rings. The molecule has 0 unspecified atom stereocenters. The minimum atomic E-state index is -0.366. The van der Waals surface area contributed by atoms with Gasteiger partial charge in [-0.15, -0.1) is 0 Å². The summed E-state index contributed by atoms with van der Waals surface area (Å²) < 4.78 is 15.7. The molecule has 0 amide bonds. The minimum absolute atomic E-state index is 0.230. The lowest BCUT2D eigenvalue weighted by Crippen LogP contribution is -2.09. The zero-order chi connectivity index (χ0) is 17.4. The lowest BCUT2D eigenvalue weighted by molar-refractivity contribution is 0.0514. The van der Waals surface area contributed by atoms with Crippen molar-refractivity contribution in [2.45, 2.75) is 20.5 Å². The Hall–Kier alpha value is -2.82. The molecule has 0 saturated carbocycles. The Bertz CT molecular complexity index is 691. The molecule has 0 spiro atoms. The number of rotatable bonds is 7. The van der Waals surface area contributed by atoms with Gasteiger partial charge in [0.05, 0.1) is 24.3 Å². The fourth-order valence-corrected chi connectivity index (χ4v) is 2.12. The summed E-state index contributed by atoms with van der Waals surface area (Å²) in [7, 11) is 0. The van der Waals surface area contributed by atoms with E-state index in [1.807, 2.05) is 12.1 Å². The standard InChI is InChI=1S/C19H20O5/c1-3-22-18(20)14-9-11-16(12-10-14)24-13-15-7-5-6-8-17(15)19(21)23-4-2/h5-12H,3-4,13H2,1-2H3. The first-order chi connectivity index (χ1) is 11.7. The highest BCUT2D eigenvalue weighted by atomic mass is 16.5. The van der Waals surface area contributed by atoms with E-state index in [0.29, 0.717) is 30.1 Å². The SMILES string of the molecule is CCOC(=O)c1ccc(OCc2ccccc2C(=O)OCC)cc1. The number of hydrogen-bond acceptors (Lipinski definition) is 5. The monoisotopic (exact) mass is 328 g/mol. The predicted molar refractivity (Wildman–Crippen MR) is 89.1 cm³/mol. The van der Waals surface area contributed by atoms with Crippen molar-refractivity contribution in [3.63, 3.8) is 0 Å². The summed E-state index contributed by atoms with van der Waals surface area (Å²) >= 11 is 0. The molecule has 0 aromatic heterocycles. The number of hydrogen-bond donors (Lipinski definition) is 0. The second-order valence-corrected chi connectivity index (χ2v) is 4.91. The highest BCUT2D eigenvalue weighted by Gasteiger charge is 2.12. The van der Waals surface area contributed by atoms with Gasteiger partial charge in [-0.1, -0.05) is 18.2 Å². The van der Waals surface area contributed by atoms with E-state index in [2.05, 4.69) is 0 Å². The van der Waals surface area contributed by atoms with Gasteiger partial charge in [-0.05, 0) is 44.2 Å². The van der Waals surface area contributed by atoms with Crippen LogP contribution >= 0.6 is 0 Å². The summed E-state index contributed by atoms with van der Waals surface area (Å²) in [5, 5.41) is 0. The molecule has 2 rings (SSSR count).